The minimum Gasteiger partial charge on any atom is -0.265 e. The van der Waals surface area contributed by atoms with E-state index >= 15 is 0 Å². The first-order chi connectivity index (χ1) is 7.16. The molecule has 0 amide bonds. The Hall–Kier alpha value is -1.20. The van der Waals surface area contributed by atoms with E-state index in [-0.39, 0.29) is 11.5 Å². The van der Waals surface area contributed by atoms with Crippen LogP contribution in [0.25, 0.3) is 10.2 Å². The molecule has 0 bridgehead atoms. The van der Waals surface area contributed by atoms with Gasteiger partial charge in [-0.3, -0.25) is 10.1 Å². The van der Waals surface area contributed by atoms with Crippen molar-refractivity contribution in [1.82, 2.24) is 4.98 Å². The van der Waals surface area contributed by atoms with Gasteiger partial charge in [-0.25, -0.2) is 4.98 Å². The Morgan fingerprint density at radius 3 is 3.13 bits per heavy atom. The van der Waals surface area contributed by atoms with Gasteiger partial charge in [0.05, 0.1) is 9.72 Å². The zero-order valence-corrected chi connectivity index (χ0v) is 9.14. The molecule has 15 heavy (non-hydrogen) atoms. The second kappa shape index (κ2) is 4.12. The van der Waals surface area contributed by atoms with E-state index in [1.165, 1.54) is 11.3 Å². The van der Waals surface area contributed by atoms with Crippen LogP contribution in [-0.2, 0) is 6.42 Å². The van der Waals surface area contributed by atoms with Crippen molar-refractivity contribution in [3.05, 3.63) is 38.3 Å². The van der Waals surface area contributed by atoms with E-state index in [0.717, 1.165) is 10.3 Å². The number of rotatable bonds is 3. The topological polar surface area (TPSA) is 56.0 Å². The van der Waals surface area contributed by atoms with Gasteiger partial charge in [0, 0.05) is 11.3 Å². The molecule has 1 heterocycles. The zero-order chi connectivity index (χ0) is 10.8. The predicted octanol–water partition coefficient (Wildman–Crippen LogP) is 2.57. The zero-order valence-electron chi connectivity index (χ0n) is 7.57. The Labute approximate surface area is 94.7 Å². The molecule has 1 aromatic heterocycles. The van der Waals surface area contributed by atoms with E-state index in [1.54, 1.807) is 6.07 Å². The molecule has 6 heteroatoms. The van der Waals surface area contributed by atoms with Crippen molar-refractivity contribution in [2.24, 2.45) is 0 Å². The van der Waals surface area contributed by atoms with Crippen LogP contribution in [-0.4, -0.2) is 16.5 Å². The van der Waals surface area contributed by atoms with Gasteiger partial charge in [0.25, 0.3) is 0 Å². The summed E-state index contributed by atoms with van der Waals surface area (Å²) in [5.74, 6) is 0. The van der Waals surface area contributed by atoms with E-state index in [0.29, 0.717) is 17.0 Å². The molecule has 0 N–H and O–H groups in total. The van der Waals surface area contributed by atoms with E-state index in [2.05, 4.69) is 10.5 Å². The molecule has 2 rings (SSSR count). The Kier molecular flexibility index (Phi) is 2.83. The highest BCUT2D eigenvalue weighted by Gasteiger charge is 2.07. The van der Waals surface area contributed by atoms with Gasteiger partial charge in [-0.15, -0.1) is 11.3 Å². The molecule has 0 atom stereocenters. The van der Waals surface area contributed by atoms with Crippen molar-refractivity contribution < 1.29 is 4.92 Å². The fourth-order valence-corrected chi connectivity index (χ4v) is 2.33. The summed E-state index contributed by atoms with van der Waals surface area (Å²) >= 11 is 7.33. The lowest BCUT2D eigenvalue weighted by Crippen LogP contribution is -2.03. The first-order valence-corrected chi connectivity index (χ1v) is 5.43. The maximum absolute atomic E-state index is 10.2. The molecule has 0 aliphatic heterocycles. The van der Waals surface area contributed by atoms with Crippen LogP contribution in [0.3, 0.4) is 0 Å². The van der Waals surface area contributed by atoms with Crippen LogP contribution < -0.4 is 0 Å². The molecular formula is C9H6ClN2O2S. The number of aromatic nitrogens is 1. The molecule has 0 aliphatic rings. The van der Waals surface area contributed by atoms with Crippen molar-refractivity contribution in [1.29, 1.82) is 0 Å². The molecule has 77 valence electrons. The first-order valence-electron chi connectivity index (χ1n) is 4.23. The van der Waals surface area contributed by atoms with Gasteiger partial charge in [0.2, 0.25) is 6.54 Å². The molecule has 0 saturated carbocycles. The fraction of sp³-hybridized carbons (Fsp3) is 0.222. The summed E-state index contributed by atoms with van der Waals surface area (Å²) < 4.78 is 0.917. The summed E-state index contributed by atoms with van der Waals surface area (Å²) in [6.45, 7) is -0.0790. The number of nitrogens with zero attached hydrogens (tertiary/aromatic N) is 2. The molecule has 0 saturated heterocycles. The van der Waals surface area contributed by atoms with E-state index in [4.69, 9.17) is 11.6 Å². The van der Waals surface area contributed by atoms with Gasteiger partial charge in [-0.1, -0.05) is 11.6 Å². The van der Waals surface area contributed by atoms with Crippen LogP contribution in [0.2, 0.25) is 5.02 Å². The molecule has 0 unspecified atom stereocenters. The number of benzene rings is 1. The lowest BCUT2D eigenvalue weighted by atomic mass is 10.1. The summed E-state index contributed by atoms with van der Waals surface area (Å²) in [5, 5.41) is 10.8. The Morgan fingerprint density at radius 1 is 1.60 bits per heavy atom. The van der Waals surface area contributed by atoms with E-state index < -0.39 is 0 Å². The van der Waals surface area contributed by atoms with Gasteiger partial charge in [0.1, 0.15) is 5.52 Å². The normalized spacial score (nSPS) is 10.7. The van der Waals surface area contributed by atoms with Crippen LogP contribution in [0.15, 0.2) is 12.1 Å². The van der Waals surface area contributed by atoms with Gasteiger partial charge in [-0.2, -0.15) is 0 Å². The summed E-state index contributed by atoms with van der Waals surface area (Å²) in [6.07, 6.45) is 0.389. The first kappa shape index (κ1) is 10.3. The fourth-order valence-electron chi connectivity index (χ4n) is 1.30. The second-order valence-electron chi connectivity index (χ2n) is 3.04. The number of hydrogen-bond acceptors (Lipinski definition) is 4. The minimum atomic E-state index is -0.336. The SMILES string of the molecule is O=[N+]([O-])CCc1cc(Cl)c2n[c]sc2c1. The highest BCUT2D eigenvalue weighted by Crippen LogP contribution is 2.26. The number of halogens is 1. The summed E-state index contributed by atoms with van der Waals surface area (Å²) in [4.78, 5) is 13.9. The number of hydrogen-bond donors (Lipinski definition) is 0. The highest BCUT2D eigenvalue weighted by atomic mass is 35.5. The summed E-state index contributed by atoms with van der Waals surface area (Å²) in [6, 6.07) is 3.60. The van der Waals surface area contributed by atoms with Crippen LogP contribution >= 0.6 is 22.9 Å². The van der Waals surface area contributed by atoms with Gasteiger partial charge < -0.3 is 0 Å². The van der Waals surface area contributed by atoms with Crippen molar-refractivity contribution >= 4 is 33.2 Å². The van der Waals surface area contributed by atoms with E-state index in [9.17, 15) is 10.1 Å². The van der Waals surface area contributed by atoms with Gasteiger partial charge >= 0.3 is 0 Å². The lowest BCUT2D eigenvalue weighted by molar-refractivity contribution is -0.479. The molecule has 2 aromatic rings. The van der Waals surface area contributed by atoms with Crippen molar-refractivity contribution in [3.63, 3.8) is 0 Å². The number of fused-ring (bicyclic) bond motifs is 1. The van der Waals surface area contributed by atoms with Crippen LogP contribution in [0, 0.1) is 15.6 Å². The molecule has 4 nitrogen and oxygen atoms in total. The maximum atomic E-state index is 10.2. The monoisotopic (exact) mass is 241 g/mol. The second-order valence-corrected chi connectivity index (χ2v) is 4.27. The third-order valence-electron chi connectivity index (χ3n) is 1.98. The highest BCUT2D eigenvalue weighted by molar-refractivity contribution is 7.16. The van der Waals surface area contributed by atoms with Crippen LogP contribution in [0.1, 0.15) is 5.56 Å². The average Bonchev–Trinajstić information content (AvgIpc) is 2.63. The van der Waals surface area contributed by atoms with Crippen LogP contribution in [0.5, 0.6) is 0 Å². The maximum Gasteiger partial charge on any atom is 0.207 e. The summed E-state index contributed by atoms with van der Waals surface area (Å²) in [5.41, 5.74) is 4.32. The third kappa shape index (κ3) is 2.24. The lowest BCUT2D eigenvalue weighted by Gasteiger charge is -1.99. The standard InChI is InChI=1S/C9H6ClN2O2S/c10-7-3-6(1-2-12(13)14)4-8-9(7)11-5-15-8/h3-4H,1-2H2. The molecule has 0 spiro atoms. The Bertz CT molecular complexity index is 512. The Morgan fingerprint density at radius 2 is 2.40 bits per heavy atom. The Balaban J connectivity index is 2.32. The molecular weight excluding hydrogens is 236 g/mol. The molecule has 0 aliphatic carbocycles. The smallest absolute Gasteiger partial charge is 0.207 e. The van der Waals surface area contributed by atoms with Gasteiger partial charge in [0.15, 0.2) is 5.51 Å². The molecule has 0 fully saturated rings. The van der Waals surface area contributed by atoms with Crippen molar-refractivity contribution in [2.45, 2.75) is 6.42 Å². The van der Waals surface area contributed by atoms with Crippen molar-refractivity contribution in [2.75, 3.05) is 6.54 Å². The largest absolute Gasteiger partial charge is 0.265 e. The predicted molar refractivity (Wildman–Crippen MR) is 59.0 cm³/mol. The number of thiazole rings is 1. The quantitative estimate of drug-likeness (QED) is 0.613. The number of nitro groups is 1. The third-order valence-corrected chi connectivity index (χ3v) is 2.99. The molecule has 1 aromatic carbocycles. The summed E-state index contributed by atoms with van der Waals surface area (Å²) in [7, 11) is 0. The minimum absolute atomic E-state index is 0.0790. The van der Waals surface area contributed by atoms with Crippen LogP contribution in [0.4, 0.5) is 0 Å². The van der Waals surface area contributed by atoms with E-state index in [1.807, 2.05) is 6.07 Å². The molecule has 1 radical (unpaired) electrons. The van der Waals surface area contributed by atoms with Gasteiger partial charge in [-0.05, 0) is 17.7 Å². The van der Waals surface area contributed by atoms with Crippen molar-refractivity contribution in [3.8, 4) is 0 Å². The average molecular weight is 242 g/mol.